The molecule has 1 heterocycles. The van der Waals surface area contributed by atoms with Crippen LogP contribution in [-0.2, 0) is 14.3 Å². The molecule has 1 atom stereocenters. The van der Waals surface area contributed by atoms with Crippen molar-refractivity contribution in [1.29, 1.82) is 0 Å². The van der Waals surface area contributed by atoms with Crippen LogP contribution in [0.1, 0.15) is 23.7 Å². The zero-order valence-electron chi connectivity index (χ0n) is 16.6. The molecule has 0 spiro atoms. The third-order valence-corrected chi connectivity index (χ3v) is 4.28. The number of fused-ring (bicyclic) bond motifs is 1. The lowest BCUT2D eigenvalue weighted by Gasteiger charge is -2.14. The van der Waals surface area contributed by atoms with Crippen molar-refractivity contribution in [1.82, 2.24) is 5.32 Å². The summed E-state index contributed by atoms with van der Waals surface area (Å²) in [4.78, 5) is 36.4. The average Bonchev–Trinajstić information content (AvgIpc) is 3.21. The van der Waals surface area contributed by atoms with Crippen LogP contribution in [0.4, 0.5) is 5.69 Å². The van der Waals surface area contributed by atoms with E-state index in [-0.39, 0.29) is 25.7 Å². The van der Waals surface area contributed by atoms with Crippen LogP contribution in [0.15, 0.2) is 42.5 Å². The number of anilines is 1. The zero-order valence-corrected chi connectivity index (χ0v) is 16.6. The van der Waals surface area contributed by atoms with Gasteiger partial charge >= 0.3 is 5.97 Å². The maximum atomic E-state index is 12.2. The average molecular weight is 414 g/mol. The first kappa shape index (κ1) is 21.0. The summed E-state index contributed by atoms with van der Waals surface area (Å²) in [7, 11) is 1.47. The molecule has 0 radical (unpaired) electrons. The monoisotopic (exact) mass is 414 g/mol. The van der Waals surface area contributed by atoms with Gasteiger partial charge in [-0.2, -0.15) is 0 Å². The standard InChI is InChI=1S/C21H22N2O7/c1-13(20(25)23-14-7-8-17-18(11-14)29-12-28-17)30-19(24)9-10-22-21(26)15-5-3-4-6-16(15)27-2/h3-8,11,13H,9-10,12H2,1-2H3,(H,22,26)(H,23,25)/t13-/m1/s1. The number of rotatable bonds is 8. The van der Waals surface area contributed by atoms with Gasteiger partial charge in [-0.3, -0.25) is 14.4 Å². The van der Waals surface area contributed by atoms with E-state index < -0.39 is 18.0 Å². The number of benzene rings is 2. The molecule has 0 fully saturated rings. The second-order valence-electron chi connectivity index (χ2n) is 6.40. The molecule has 9 heteroatoms. The Balaban J connectivity index is 1.43. The molecule has 0 aliphatic carbocycles. The number of para-hydroxylation sites is 1. The van der Waals surface area contributed by atoms with Crippen LogP contribution < -0.4 is 24.8 Å². The third kappa shape index (κ3) is 5.19. The van der Waals surface area contributed by atoms with Crippen LogP contribution in [0.3, 0.4) is 0 Å². The maximum Gasteiger partial charge on any atom is 0.308 e. The van der Waals surface area contributed by atoms with Gasteiger partial charge in [0, 0.05) is 18.3 Å². The van der Waals surface area contributed by atoms with Gasteiger partial charge in [0.1, 0.15) is 5.75 Å². The number of carbonyl (C=O) groups excluding carboxylic acids is 3. The van der Waals surface area contributed by atoms with Crippen LogP contribution >= 0.6 is 0 Å². The zero-order chi connectivity index (χ0) is 21.5. The van der Waals surface area contributed by atoms with Crippen molar-refractivity contribution in [3.63, 3.8) is 0 Å². The Hall–Kier alpha value is -3.75. The molecule has 0 unspecified atom stereocenters. The second-order valence-corrected chi connectivity index (χ2v) is 6.40. The summed E-state index contributed by atoms with van der Waals surface area (Å²) in [5, 5.41) is 5.27. The minimum Gasteiger partial charge on any atom is -0.496 e. The number of carbonyl (C=O) groups is 3. The number of ether oxygens (including phenoxy) is 4. The summed E-state index contributed by atoms with van der Waals surface area (Å²) in [6, 6.07) is 11.7. The van der Waals surface area contributed by atoms with Crippen molar-refractivity contribution in [3.05, 3.63) is 48.0 Å². The first-order chi connectivity index (χ1) is 14.5. The summed E-state index contributed by atoms with van der Waals surface area (Å²) in [6.45, 7) is 1.66. The highest BCUT2D eigenvalue weighted by Crippen LogP contribution is 2.34. The van der Waals surface area contributed by atoms with Gasteiger partial charge in [0.15, 0.2) is 17.6 Å². The summed E-state index contributed by atoms with van der Waals surface area (Å²) in [5.74, 6) is 0.107. The third-order valence-electron chi connectivity index (χ3n) is 4.28. The molecule has 9 nitrogen and oxygen atoms in total. The molecule has 0 aromatic heterocycles. The topological polar surface area (TPSA) is 112 Å². The van der Waals surface area contributed by atoms with Crippen molar-refractivity contribution in [2.24, 2.45) is 0 Å². The van der Waals surface area contributed by atoms with E-state index in [1.807, 2.05) is 0 Å². The van der Waals surface area contributed by atoms with Crippen molar-refractivity contribution in [3.8, 4) is 17.2 Å². The molecule has 3 rings (SSSR count). The summed E-state index contributed by atoms with van der Waals surface area (Å²) in [5.41, 5.74) is 0.862. The van der Waals surface area contributed by atoms with Gasteiger partial charge in [-0.05, 0) is 31.2 Å². The Morgan fingerprint density at radius 3 is 2.67 bits per heavy atom. The summed E-state index contributed by atoms with van der Waals surface area (Å²) >= 11 is 0. The lowest BCUT2D eigenvalue weighted by Crippen LogP contribution is -2.32. The molecular weight excluding hydrogens is 392 g/mol. The Kier molecular flexibility index (Phi) is 6.74. The lowest BCUT2D eigenvalue weighted by molar-refractivity contribution is -0.153. The minimum atomic E-state index is -1.01. The van der Waals surface area contributed by atoms with E-state index in [0.717, 1.165) is 0 Å². The molecule has 0 saturated carbocycles. The van der Waals surface area contributed by atoms with Crippen molar-refractivity contribution < 1.29 is 33.3 Å². The van der Waals surface area contributed by atoms with Gasteiger partial charge in [0.2, 0.25) is 6.79 Å². The molecule has 2 N–H and O–H groups in total. The first-order valence-corrected chi connectivity index (χ1v) is 9.29. The molecule has 1 aliphatic rings. The van der Waals surface area contributed by atoms with Gasteiger partial charge in [0.25, 0.3) is 11.8 Å². The molecule has 30 heavy (non-hydrogen) atoms. The summed E-state index contributed by atoms with van der Waals surface area (Å²) < 4.78 is 20.7. The number of hydrogen-bond donors (Lipinski definition) is 2. The minimum absolute atomic E-state index is 0.0617. The summed E-state index contributed by atoms with van der Waals surface area (Å²) in [6.07, 6.45) is -1.09. The van der Waals surface area contributed by atoms with Crippen molar-refractivity contribution in [2.45, 2.75) is 19.4 Å². The fourth-order valence-corrected chi connectivity index (χ4v) is 2.73. The molecule has 1 aliphatic heterocycles. The fraction of sp³-hybridized carbons (Fsp3) is 0.286. The number of esters is 1. The molecule has 0 saturated heterocycles. The quantitative estimate of drug-likeness (QED) is 0.636. The van der Waals surface area contributed by atoms with Gasteiger partial charge in [-0.1, -0.05) is 12.1 Å². The molecule has 2 amide bonds. The van der Waals surface area contributed by atoms with Gasteiger partial charge in [-0.25, -0.2) is 0 Å². The van der Waals surface area contributed by atoms with E-state index >= 15 is 0 Å². The van der Waals surface area contributed by atoms with Crippen molar-refractivity contribution in [2.75, 3.05) is 25.8 Å². The maximum absolute atomic E-state index is 12.2. The predicted molar refractivity (Wildman–Crippen MR) is 107 cm³/mol. The second kappa shape index (κ2) is 9.64. The van der Waals surface area contributed by atoms with E-state index in [2.05, 4.69) is 10.6 Å². The smallest absolute Gasteiger partial charge is 0.308 e. The Morgan fingerprint density at radius 1 is 1.10 bits per heavy atom. The number of hydrogen-bond acceptors (Lipinski definition) is 7. The number of nitrogens with one attached hydrogen (secondary N) is 2. The van der Waals surface area contributed by atoms with E-state index in [0.29, 0.717) is 28.5 Å². The highest BCUT2D eigenvalue weighted by Gasteiger charge is 2.20. The van der Waals surface area contributed by atoms with Gasteiger partial charge < -0.3 is 29.6 Å². The van der Waals surface area contributed by atoms with E-state index in [4.69, 9.17) is 18.9 Å². The van der Waals surface area contributed by atoms with E-state index in [9.17, 15) is 14.4 Å². The highest BCUT2D eigenvalue weighted by molar-refractivity contribution is 5.97. The highest BCUT2D eigenvalue weighted by atomic mass is 16.7. The van der Waals surface area contributed by atoms with Crippen LogP contribution in [0.5, 0.6) is 17.2 Å². The van der Waals surface area contributed by atoms with Crippen LogP contribution in [-0.4, -0.2) is 44.3 Å². The van der Waals surface area contributed by atoms with E-state index in [1.54, 1.807) is 42.5 Å². The largest absolute Gasteiger partial charge is 0.496 e. The normalized spacial score (nSPS) is 12.6. The SMILES string of the molecule is COc1ccccc1C(=O)NCCC(=O)O[C@H](C)C(=O)Nc1ccc2c(c1)OCO2. The molecule has 0 bridgehead atoms. The Morgan fingerprint density at radius 2 is 1.87 bits per heavy atom. The van der Waals surface area contributed by atoms with Crippen LogP contribution in [0.2, 0.25) is 0 Å². The molecular formula is C21H22N2O7. The van der Waals surface area contributed by atoms with Crippen LogP contribution in [0, 0.1) is 0 Å². The first-order valence-electron chi connectivity index (χ1n) is 9.29. The van der Waals surface area contributed by atoms with E-state index in [1.165, 1.54) is 14.0 Å². The molecule has 2 aromatic rings. The Labute approximate surface area is 173 Å². The van der Waals surface area contributed by atoms with Crippen molar-refractivity contribution >= 4 is 23.5 Å². The van der Waals surface area contributed by atoms with Crippen LogP contribution in [0.25, 0.3) is 0 Å². The van der Waals surface area contributed by atoms with Gasteiger partial charge in [0.05, 0.1) is 19.1 Å². The number of methoxy groups -OCH3 is 1. The number of amides is 2. The Bertz CT molecular complexity index is 945. The fourth-order valence-electron chi connectivity index (χ4n) is 2.73. The molecule has 158 valence electrons. The predicted octanol–water partition coefficient (Wildman–Crippen LogP) is 2.11. The molecule has 2 aromatic carbocycles. The lowest BCUT2D eigenvalue weighted by atomic mass is 10.2. The van der Waals surface area contributed by atoms with Gasteiger partial charge in [-0.15, -0.1) is 0 Å².